The van der Waals surface area contributed by atoms with Gasteiger partial charge in [0.1, 0.15) is 0 Å². The third kappa shape index (κ3) is 3.48. The number of urea groups is 1. The van der Waals surface area contributed by atoms with Crippen LogP contribution in [-0.4, -0.2) is 44.8 Å². The molecule has 0 saturated carbocycles. The molecule has 0 unspecified atom stereocenters. The first-order valence-corrected chi connectivity index (χ1v) is 10.6. The summed E-state index contributed by atoms with van der Waals surface area (Å²) < 4.78 is 2.18. The highest BCUT2D eigenvalue weighted by molar-refractivity contribution is 5.89. The van der Waals surface area contributed by atoms with Crippen molar-refractivity contribution in [2.75, 3.05) is 18.4 Å². The number of carbonyl (C=O) groups is 1. The van der Waals surface area contributed by atoms with Gasteiger partial charge >= 0.3 is 6.03 Å². The van der Waals surface area contributed by atoms with E-state index >= 15 is 0 Å². The molecule has 6 heteroatoms. The molecule has 0 bridgehead atoms. The van der Waals surface area contributed by atoms with Crippen LogP contribution in [0.3, 0.4) is 0 Å². The zero-order chi connectivity index (χ0) is 20.5. The molecule has 1 saturated heterocycles. The van der Waals surface area contributed by atoms with Crippen LogP contribution < -0.4 is 5.32 Å². The van der Waals surface area contributed by atoms with Crippen molar-refractivity contribution in [3.05, 3.63) is 72.7 Å². The molecule has 3 heterocycles. The van der Waals surface area contributed by atoms with E-state index in [2.05, 4.69) is 33.1 Å². The first-order chi connectivity index (χ1) is 14.7. The number of fused-ring (bicyclic) bond motifs is 3. The van der Waals surface area contributed by atoms with Crippen LogP contribution in [0.25, 0.3) is 11.3 Å². The van der Waals surface area contributed by atoms with E-state index in [0.717, 1.165) is 24.2 Å². The molecule has 0 spiro atoms. The van der Waals surface area contributed by atoms with Gasteiger partial charge in [-0.2, -0.15) is 0 Å². The molecule has 2 N–H and O–H groups in total. The summed E-state index contributed by atoms with van der Waals surface area (Å²) in [5.74, 6) is 0.200. The highest BCUT2D eigenvalue weighted by Gasteiger charge is 2.33. The zero-order valence-electron chi connectivity index (χ0n) is 16.8. The Morgan fingerprint density at radius 2 is 1.83 bits per heavy atom. The number of aromatic nitrogens is 2. The van der Waals surface area contributed by atoms with Crippen molar-refractivity contribution in [3.63, 3.8) is 0 Å². The quantitative estimate of drug-likeness (QED) is 0.689. The largest absolute Gasteiger partial charge is 0.393 e. The van der Waals surface area contributed by atoms with E-state index < -0.39 is 6.10 Å². The van der Waals surface area contributed by atoms with Crippen molar-refractivity contribution in [2.24, 2.45) is 5.92 Å². The van der Waals surface area contributed by atoms with Crippen molar-refractivity contribution in [3.8, 4) is 11.3 Å². The van der Waals surface area contributed by atoms with Crippen LogP contribution in [0.15, 0.2) is 67.1 Å². The number of benzene rings is 2. The molecule has 5 rings (SSSR count). The Kier molecular flexibility index (Phi) is 5.01. The van der Waals surface area contributed by atoms with Crippen molar-refractivity contribution in [1.29, 1.82) is 0 Å². The number of para-hydroxylation sites is 1. The van der Waals surface area contributed by atoms with E-state index in [4.69, 9.17) is 0 Å². The van der Waals surface area contributed by atoms with Gasteiger partial charge in [0.25, 0.3) is 0 Å². The van der Waals surface area contributed by atoms with Crippen molar-refractivity contribution in [2.45, 2.75) is 31.4 Å². The van der Waals surface area contributed by atoms with Crippen molar-refractivity contribution in [1.82, 2.24) is 14.5 Å². The highest BCUT2D eigenvalue weighted by atomic mass is 16.3. The van der Waals surface area contributed by atoms with Crippen molar-refractivity contribution >= 4 is 11.7 Å². The van der Waals surface area contributed by atoms with Gasteiger partial charge in [0, 0.05) is 24.3 Å². The van der Waals surface area contributed by atoms with Gasteiger partial charge in [0.15, 0.2) is 0 Å². The number of nitrogens with zero attached hydrogens (tertiary/aromatic N) is 3. The fourth-order valence-electron chi connectivity index (χ4n) is 4.81. The minimum atomic E-state index is -0.407. The first kappa shape index (κ1) is 18.9. The number of piperidine rings is 1. The molecule has 0 aliphatic carbocycles. The first-order valence-electron chi connectivity index (χ1n) is 10.6. The van der Waals surface area contributed by atoms with Gasteiger partial charge < -0.3 is 19.9 Å². The minimum Gasteiger partial charge on any atom is -0.393 e. The Morgan fingerprint density at radius 1 is 1.10 bits per heavy atom. The predicted molar refractivity (Wildman–Crippen MR) is 116 cm³/mol. The molecule has 2 aromatic carbocycles. The summed E-state index contributed by atoms with van der Waals surface area (Å²) in [6.07, 6.45) is 5.65. The second kappa shape index (κ2) is 7.95. The molecule has 2 aliphatic rings. The number of carbonyl (C=O) groups excluding carboxylic acids is 1. The molecule has 1 fully saturated rings. The Bertz CT molecular complexity index is 1020. The number of aliphatic hydroxyl groups excluding tert-OH is 1. The van der Waals surface area contributed by atoms with E-state index in [1.807, 2.05) is 53.8 Å². The van der Waals surface area contributed by atoms with Gasteiger partial charge in [-0.25, -0.2) is 9.78 Å². The van der Waals surface area contributed by atoms with Crippen LogP contribution in [0, 0.1) is 5.92 Å². The number of imidazole rings is 1. The topological polar surface area (TPSA) is 70.4 Å². The van der Waals surface area contributed by atoms with Crippen molar-refractivity contribution < 1.29 is 9.90 Å². The molecular formula is C24H26N4O2. The lowest BCUT2D eigenvalue weighted by atomic mass is 9.86. The predicted octanol–water partition coefficient (Wildman–Crippen LogP) is 4.15. The summed E-state index contributed by atoms with van der Waals surface area (Å²) >= 11 is 0. The highest BCUT2D eigenvalue weighted by Crippen LogP contribution is 2.42. The SMILES string of the molecule is O=C(Nc1ccccc1)N1CCC([C@H](O)C[C@H]2c3ccccc3-c3cncn32)CC1. The molecule has 30 heavy (non-hydrogen) atoms. The van der Waals surface area contributed by atoms with E-state index in [9.17, 15) is 9.90 Å². The molecule has 6 nitrogen and oxygen atoms in total. The second-order valence-electron chi connectivity index (χ2n) is 8.21. The lowest BCUT2D eigenvalue weighted by Gasteiger charge is -2.35. The van der Waals surface area contributed by atoms with Gasteiger partial charge in [-0.15, -0.1) is 0 Å². The minimum absolute atomic E-state index is 0.0677. The second-order valence-corrected chi connectivity index (χ2v) is 8.21. The summed E-state index contributed by atoms with van der Waals surface area (Å²) in [5, 5.41) is 14.0. The fourth-order valence-corrected chi connectivity index (χ4v) is 4.81. The number of anilines is 1. The maximum absolute atomic E-state index is 12.5. The standard InChI is InChI=1S/C24H26N4O2/c29-23(14-21-19-8-4-5-9-20(19)22-15-25-16-28(21)22)17-10-12-27(13-11-17)24(30)26-18-6-2-1-3-7-18/h1-9,15-17,21,23,29H,10-14H2,(H,26,30)/t21-,23+/m0/s1. The Morgan fingerprint density at radius 3 is 2.63 bits per heavy atom. The van der Waals surface area contributed by atoms with Crippen LogP contribution in [0.4, 0.5) is 10.5 Å². The van der Waals surface area contributed by atoms with Crippen LogP contribution in [0.1, 0.15) is 30.9 Å². The third-order valence-corrected chi connectivity index (χ3v) is 6.46. The van der Waals surface area contributed by atoms with Crippen LogP contribution >= 0.6 is 0 Å². The van der Waals surface area contributed by atoms with Gasteiger partial charge in [-0.1, -0.05) is 42.5 Å². The number of rotatable bonds is 4. The molecule has 0 radical (unpaired) electrons. The lowest BCUT2D eigenvalue weighted by molar-refractivity contribution is 0.0552. The zero-order valence-corrected chi connectivity index (χ0v) is 16.8. The number of hydrogen-bond donors (Lipinski definition) is 2. The normalized spacial score (nSPS) is 19.2. The maximum atomic E-state index is 12.5. The molecule has 154 valence electrons. The number of nitrogens with one attached hydrogen (secondary N) is 1. The summed E-state index contributed by atoms with van der Waals surface area (Å²) in [6.45, 7) is 1.33. The Hall–Kier alpha value is -3.12. The molecular weight excluding hydrogens is 376 g/mol. The molecule has 3 aromatic rings. The Balaban J connectivity index is 1.20. The number of hydrogen-bond acceptors (Lipinski definition) is 3. The summed E-state index contributed by atoms with van der Waals surface area (Å²) in [4.78, 5) is 18.7. The molecule has 2 amide bonds. The lowest BCUT2D eigenvalue weighted by Crippen LogP contribution is -2.43. The van der Waals surface area contributed by atoms with Gasteiger partial charge in [-0.3, -0.25) is 0 Å². The summed E-state index contributed by atoms with van der Waals surface area (Å²) in [6, 6.07) is 17.9. The summed E-state index contributed by atoms with van der Waals surface area (Å²) in [5.41, 5.74) is 4.39. The third-order valence-electron chi connectivity index (χ3n) is 6.46. The summed E-state index contributed by atoms with van der Waals surface area (Å²) in [7, 11) is 0. The number of likely N-dealkylation sites (tertiary alicyclic amines) is 1. The van der Waals surface area contributed by atoms with Gasteiger partial charge in [-0.05, 0) is 42.9 Å². The average molecular weight is 402 g/mol. The molecule has 2 atom stereocenters. The molecule has 2 aliphatic heterocycles. The van der Waals surface area contributed by atoms with Crippen LogP contribution in [0.5, 0.6) is 0 Å². The number of amides is 2. The van der Waals surface area contributed by atoms with Crippen LogP contribution in [0.2, 0.25) is 0 Å². The molecule has 1 aromatic heterocycles. The van der Waals surface area contributed by atoms with E-state index in [1.54, 1.807) is 0 Å². The maximum Gasteiger partial charge on any atom is 0.321 e. The van der Waals surface area contributed by atoms with Gasteiger partial charge in [0.05, 0.1) is 30.4 Å². The van der Waals surface area contributed by atoms with E-state index in [1.165, 1.54) is 11.1 Å². The average Bonchev–Trinajstić information content (AvgIpc) is 3.37. The van der Waals surface area contributed by atoms with E-state index in [-0.39, 0.29) is 18.0 Å². The monoisotopic (exact) mass is 402 g/mol. The number of aliphatic hydroxyl groups is 1. The smallest absolute Gasteiger partial charge is 0.321 e. The van der Waals surface area contributed by atoms with Gasteiger partial charge in [0.2, 0.25) is 0 Å². The fraction of sp³-hybridized carbons (Fsp3) is 0.333. The van der Waals surface area contributed by atoms with Crippen LogP contribution in [-0.2, 0) is 0 Å². The Labute approximate surface area is 176 Å². The van der Waals surface area contributed by atoms with E-state index in [0.29, 0.717) is 19.5 Å².